The Morgan fingerprint density at radius 1 is 1.24 bits per heavy atom. The molecule has 1 aliphatic heterocycles. The van der Waals surface area contributed by atoms with Crippen LogP contribution >= 0.6 is 0 Å². The lowest BCUT2D eigenvalue weighted by molar-refractivity contribution is 0.254. The molecule has 1 heterocycles. The summed E-state index contributed by atoms with van der Waals surface area (Å²) in [6.07, 6.45) is 0. The third-order valence-electron chi connectivity index (χ3n) is 3.40. The fourth-order valence-electron chi connectivity index (χ4n) is 2.13. The van der Waals surface area contributed by atoms with Gasteiger partial charge in [0.15, 0.2) is 0 Å². The van der Waals surface area contributed by atoms with Crippen molar-refractivity contribution in [3.63, 3.8) is 0 Å². The fraction of sp³-hybridized carbons (Fsp3) is 0.538. The molecule has 1 aromatic rings. The van der Waals surface area contributed by atoms with Crippen LogP contribution in [0.15, 0.2) is 12.1 Å². The predicted molar refractivity (Wildman–Crippen MR) is 77.8 cm³/mol. The van der Waals surface area contributed by atoms with E-state index in [1.165, 1.54) is 6.92 Å². The van der Waals surface area contributed by atoms with Crippen molar-refractivity contribution in [2.24, 2.45) is 0 Å². The molecule has 8 heteroatoms. The van der Waals surface area contributed by atoms with Gasteiger partial charge < -0.3 is 5.32 Å². The molecule has 0 spiro atoms. The number of sulfonamides is 1. The van der Waals surface area contributed by atoms with Crippen molar-refractivity contribution in [1.29, 1.82) is 0 Å². The average molecular weight is 319 g/mol. The van der Waals surface area contributed by atoms with E-state index in [1.807, 2.05) is 4.90 Å². The van der Waals surface area contributed by atoms with Crippen LogP contribution in [0.1, 0.15) is 5.56 Å². The van der Waals surface area contributed by atoms with Crippen molar-refractivity contribution < 1.29 is 17.2 Å². The molecule has 5 nitrogen and oxygen atoms in total. The molecule has 1 aromatic carbocycles. The predicted octanol–water partition coefficient (Wildman–Crippen LogP) is 0.920. The van der Waals surface area contributed by atoms with Crippen molar-refractivity contribution in [2.75, 3.05) is 43.2 Å². The van der Waals surface area contributed by atoms with E-state index in [0.717, 1.165) is 38.3 Å². The fourth-order valence-corrected chi connectivity index (χ4v) is 3.22. The van der Waals surface area contributed by atoms with E-state index in [4.69, 9.17) is 0 Å². The van der Waals surface area contributed by atoms with Gasteiger partial charge in [-0.15, -0.1) is 0 Å². The van der Waals surface area contributed by atoms with E-state index in [-0.39, 0.29) is 17.0 Å². The maximum absolute atomic E-state index is 13.6. The first kappa shape index (κ1) is 16.1. The van der Waals surface area contributed by atoms with Gasteiger partial charge in [0, 0.05) is 38.8 Å². The number of hydrogen-bond donors (Lipinski definition) is 2. The van der Waals surface area contributed by atoms with Crippen LogP contribution in [-0.2, 0) is 10.0 Å². The number of nitrogens with one attached hydrogen (secondary N) is 2. The van der Waals surface area contributed by atoms with Crippen LogP contribution in [0.25, 0.3) is 0 Å². The highest BCUT2D eigenvalue weighted by atomic mass is 32.2. The molecule has 0 saturated carbocycles. The highest BCUT2D eigenvalue weighted by molar-refractivity contribution is 7.92. The molecule has 0 radical (unpaired) electrons. The normalized spacial score (nSPS) is 16.9. The second-order valence-electron chi connectivity index (χ2n) is 5.09. The molecule has 1 aliphatic rings. The van der Waals surface area contributed by atoms with Crippen LogP contribution in [0.2, 0.25) is 0 Å². The quantitative estimate of drug-likeness (QED) is 0.847. The first-order chi connectivity index (χ1) is 9.87. The van der Waals surface area contributed by atoms with Gasteiger partial charge in [-0.2, -0.15) is 0 Å². The van der Waals surface area contributed by atoms with Crippen LogP contribution in [0, 0.1) is 18.6 Å². The molecule has 0 bridgehead atoms. The average Bonchev–Trinajstić information content (AvgIpc) is 2.44. The zero-order valence-corrected chi connectivity index (χ0v) is 12.6. The Labute approximate surface area is 123 Å². The van der Waals surface area contributed by atoms with E-state index in [1.54, 1.807) is 0 Å². The molecule has 0 aromatic heterocycles. The summed E-state index contributed by atoms with van der Waals surface area (Å²) in [4.78, 5) is 2.02. The minimum atomic E-state index is -3.70. The van der Waals surface area contributed by atoms with Crippen molar-refractivity contribution in [3.8, 4) is 0 Å². The second kappa shape index (κ2) is 6.67. The first-order valence-electron chi connectivity index (χ1n) is 6.76. The van der Waals surface area contributed by atoms with Crippen LogP contribution in [0.3, 0.4) is 0 Å². The van der Waals surface area contributed by atoms with Gasteiger partial charge in [-0.3, -0.25) is 9.62 Å². The third kappa shape index (κ3) is 4.62. The van der Waals surface area contributed by atoms with E-state index in [2.05, 4.69) is 10.0 Å². The summed E-state index contributed by atoms with van der Waals surface area (Å²) in [5, 5.41) is 3.17. The van der Waals surface area contributed by atoms with Crippen LogP contribution in [-0.4, -0.2) is 51.8 Å². The van der Waals surface area contributed by atoms with Gasteiger partial charge in [-0.25, -0.2) is 17.2 Å². The number of piperazine rings is 1. The zero-order chi connectivity index (χ0) is 15.5. The Morgan fingerprint density at radius 2 is 1.90 bits per heavy atom. The highest BCUT2D eigenvalue weighted by Crippen LogP contribution is 2.20. The lowest BCUT2D eigenvalue weighted by Gasteiger charge is -2.26. The molecule has 118 valence electrons. The standard InChI is InChI=1S/C13H19F2N3O2S/c1-10-8-12(15)13(9-11(10)14)17-21(19,20)7-6-18-4-2-16-3-5-18/h8-9,16-17H,2-7H2,1H3. The number of rotatable bonds is 5. The highest BCUT2D eigenvalue weighted by Gasteiger charge is 2.18. The van der Waals surface area contributed by atoms with Crippen molar-refractivity contribution in [1.82, 2.24) is 10.2 Å². The SMILES string of the molecule is Cc1cc(F)c(NS(=O)(=O)CCN2CCNCC2)cc1F. The molecule has 21 heavy (non-hydrogen) atoms. The molecule has 0 aliphatic carbocycles. The van der Waals surface area contributed by atoms with E-state index >= 15 is 0 Å². The summed E-state index contributed by atoms with van der Waals surface area (Å²) in [5.41, 5.74) is -0.213. The number of halogens is 2. The number of hydrogen-bond acceptors (Lipinski definition) is 4. The Hall–Kier alpha value is -1.25. The van der Waals surface area contributed by atoms with Crippen LogP contribution in [0.5, 0.6) is 0 Å². The van der Waals surface area contributed by atoms with Crippen LogP contribution in [0.4, 0.5) is 14.5 Å². The largest absolute Gasteiger partial charge is 0.314 e. The van der Waals surface area contributed by atoms with Gasteiger partial charge in [-0.1, -0.05) is 0 Å². The molecule has 2 N–H and O–H groups in total. The Morgan fingerprint density at radius 3 is 2.57 bits per heavy atom. The van der Waals surface area contributed by atoms with Gasteiger partial charge in [0.2, 0.25) is 10.0 Å². The molecule has 1 saturated heterocycles. The van der Waals surface area contributed by atoms with Crippen molar-refractivity contribution in [2.45, 2.75) is 6.92 Å². The number of anilines is 1. The maximum Gasteiger partial charge on any atom is 0.234 e. The Bertz CT molecular complexity index is 602. The Balaban J connectivity index is 1.98. The maximum atomic E-state index is 13.6. The van der Waals surface area contributed by atoms with E-state index in [9.17, 15) is 17.2 Å². The Kier molecular flexibility index (Phi) is 5.13. The van der Waals surface area contributed by atoms with Crippen molar-refractivity contribution >= 4 is 15.7 Å². The van der Waals surface area contributed by atoms with Gasteiger partial charge in [0.05, 0.1) is 11.4 Å². The number of aryl methyl sites for hydroxylation is 1. The molecule has 1 fully saturated rings. The van der Waals surface area contributed by atoms with E-state index in [0.29, 0.717) is 6.54 Å². The lowest BCUT2D eigenvalue weighted by atomic mass is 10.2. The minimum absolute atomic E-state index is 0.135. The van der Waals surface area contributed by atoms with Gasteiger partial charge >= 0.3 is 0 Å². The molecule has 2 rings (SSSR count). The topological polar surface area (TPSA) is 61.4 Å². The minimum Gasteiger partial charge on any atom is -0.314 e. The number of nitrogens with zero attached hydrogens (tertiary/aromatic N) is 1. The van der Waals surface area contributed by atoms with Crippen molar-refractivity contribution in [3.05, 3.63) is 29.3 Å². The molecule has 0 unspecified atom stereocenters. The number of benzene rings is 1. The van der Waals surface area contributed by atoms with E-state index < -0.39 is 21.7 Å². The zero-order valence-electron chi connectivity index (χ0n) is 11.8. The third-order valence-corrected chi connectivity index (χ3v) is 4.65. The van der Waals surface area contributed by atoms with Crippen LogP contribution < -0.4 is 10.0 Å². The van der Waals surface area contributed by atoms with Gasteiger partial charge in [0.25, 0.3) is 0 Å². The summed E-state index contributed by atoms with van der Waals surface area (Å²) >= 11 is 0. The summed E-state index contributed by atoms with van der Waals surface area (Å²) in [7, 11) is -3.70. The summed E-state index contributed by atoms with van der Waals surface area (Å²) in [6.45, 7) is 5.00. The molecule has 0 atom stereocenters. The first-order valence-corrected chi connectivity index (χ1v) is 8.42. The summed E-state index contributed by atoms with van der Waals surface area (Å²) in [5.74, 6) is -1.57. The second-order valence-corrected chi connectivity index (χ2v) is 6.94. The lowest BCUT2D eigenvalue weighted by Crippen LogP contribution is -2.45. The summed E-state index contributed by atoms with van der Waals surface area (Å²) < 4.78 is 53.0. The monoisotopic (exact) mass is 319 g/mol. The molecular weight excluding hydrogens is 300 g/mol. The molecular formula is C13H19F2N3O2S. The summed E-state index contributed by atoms with van der Waals surface area (Å²) in [6, 6.07) is 1.84. The molecule has 0 amide bonds. The van der Waals surface area contributed by atoms with Gasteiger partial charge in [0.1, 0.15) is 11.6 Å². The van der Waals surface area contributed by atoms with Gasteiger partial charge in [-0.05, 0) is 18.6 Å². The smallest absolute Gasteiger partial charge is 0.234 e.